The molecule has 1 saturated heterocycles. The van der Waals surface area contributed by atoms with Gasteiger partial charge in [-0.05, 0) is 30.2 Å². The van der Waals surface area contributed by atoms with E-state index in [0.717, 1.165) is 25.9 Å². The van der Waals surface area contributed by atoms with Crippen molar-refractivity contribution >= 4 is 34.7 Å². The van der Waals surface area contributed by atoms with E-state index in [4.69, 9.17) is 34.0 Å². The van der Waals surface area contributed by atoms with E-state index in [2.05, 4.69) is 11.8 Å². The number of nitrogens with two attached hydrogens (primary N) is 1. The minimum Gasteiger partial charge on any atom is -0.440 e. The lowest BCUT2D eigenvalue weighted by atomic mass is 10.1. The summed E-state index contributed by atoms with van der Waals surface area (Å²) in [6.07, 6.45) is 1.99. The number of piperazine rings is 1. The summed E-state index contributed by atoms with van der Waals surface area (Å²) in [5, 5.41) is 0.230. The minimum absolute atomic E-state index is 0.121. The van der Waals surface area contributed by atoms with E-state index in [1.165, 1.54) is 0 Å². The van der Waals surface area contributed by atoms with Crippen molar-refractivity contribution in [1.29, 1.82) is 0 Å². The Bertz CT molecular complexity index is 512. The number of nitrogens with zero attached hydrogens (tertiary/aromatic N) is 2. The predicted octanol–water partition coefficient (Wildman–Crippen LogP) is 2.15. The number of halogens is 1. The van der Waals surface area contributed by atoms with Crippen molar-refractivity contribution in [2.75, 3.05) is 26.2 Å². The summed E-state index contributed by atoms with van der Waals surface area (Å²) in [7, 11) is 0. The highest BCUT2D eigenvalue weighted by molar-refractivity contribution is 7.80. The average Bonchev–Trinajstić information content (AvgIpc) is 2.90. The Balaban J connectivity index is 1.93. The first-order valence-electron chi connectivity index (χ1n) is 7.11. The van der Waals surface area contributed by atoms with Gasteiger partial charge in [-0.25, -0.2) is 0 Å². The van der Waals surface area contributed by atoms with Gasteiger partial charge >= 0.3 is 0 Å². The molecule has 1 fully saturated rings. The van der Waals surface area contributed by atoms with Crippen LogP contribution in [-0.2, 0) is 0 Å². The fourth-order valence-electron chi connectivity index (χ4n) is 2.60. The van der Waals surface area contributed by atoms with Crippen LogP contribution in [0.2, 0.25) is 5.22 Å². The number of amides is 1. The Morgan fingerprint density at radius 1 is 1.43 bits per heavy atom. The summed E-state index contributed by atoms with van der Waals surface area (Å²) in [5.41, 5.74) is 5.82. The number of hydrogen-bond acceptors (Lipinski definition) is 4. The van der Waals surface area contributed by atoms with Crippen LogP contribution in [0.1, 0.15) is 30.3 Å². The molecule has 1 atom stereocenters. The van der Waals surface area contributed by atoms with Crippen LogP contribution in [0.15, 0.2) is 16.5 Å². The van der Waals surface area contributed by atoms with Crippen LogP contribution in [0.25, 0.3) is 0 Å². The standard InChI is InChI=1S/C14H20ClN3O2S/c1-2-3-10(13(16)21)17-6-8-18(9-7-17)14(19)11-4-5-12(15)20-11/h4-5,10H,2-3,6-9H2,1H3,(H2,16,21). The van der Waals surface area contributed by atoms with Crippen LogP contribution in [-0.4, -0.2) is 52.9 Å². The van der Waals surface area contributed by atoms with Gasteiger partial charge in [-0.2, -0.15) is 0 Å². The van der Waals surface area contributed by atoms with Crippen LogP contribution in [0.5, 0.6) is 0 Å². The summed E-state index contributed by atoms with van der Waals surface area (Å²) in [5.74, 6) is 0.164. The van der Waals surface area contributed by atoms with Crippen molar-refractivity contribution < 1.29 is 9.21 Å². The number of thiocarbonyl (C=S) groups is 1. The molecule has 2 N–H and O–H groups in total. The predicted molar refractivity (Wildman–Crippen MR) is 86.7 cm³/mol. The molecule has 2 rings (SSSR count). The highest BCUT2D eigenvalue weighted by atomic mass is 35.5. The maximum atomic E-state index is 12.3. The first-order valence-corrected chi connectivity index (χ1v) is 7.89. The maximum Gasteiger partial charge on any atom is 0.289 e. The molecule has 116 valence electrons. The van der Waals surface area contributed by atoms with Gasteiger partial charge in [0.25, 0.3) is 5.91 Å². The zero-order valence-corrected chi connectivity index (χ0v) is 13.6. The number of carbonyl (C=O) groups excluding carboxylic acids is 1. The molecule has 1 aliphatic heterocycles. The van der Waals surface area contributed by atoms with Crippen LogP contribution in [0.3, 0.4) is 0 Å². The van der Waals surface area contributed by atoms with Gasteiger partial charge < -0.3 is 15.1 Å². The second-order valence-electron chi connectivity index (χ2n) is 5.14. The van der Waals surface area contributed by atoms with Crippen molar-refractivity contribution in [3.63, 3.8) is 0 Å². The second kappa shape index (κ2) is 7.24. The van der Waals surface area contributed by atoms with E-state index in [9.17, 15) is 4.79 Å². The van der Waals surface area contributed by atoms with Gasteiger partial charge in [-0.1, -0.05) is 25.6 Å². The van der Waals surface area contributed by atoms with Crippen molar-refractivity contribution in [3.05, 3.63) is 23.1 Å². The second-order valence-corrected chi connectivity index (χ2v) is 5.98. The third kappa shape index (κ3) is 3.96. The highest BCUT2D eigenvalue weighted by Gasteiger charge is 2.28. The smallest absolute Gasteiger partial charge is 0.289 e. The van der Waals surface area contributed by atoms with Crippen LogP contribution < -0.4 is 5.73 Å². The first kappa shape index (κ1) is 16.3. The Kier molecular flexibility index (Phi) is 5.61. The van der Waals surface area contributed by atoms with E-state index >= 15 is 0 Å². The molecule has 0 saturated carbocycles. The summed E-state index contributed by atoms with van der Waals surface area (Å²) >= 11 is 10.9. The Labute approximate surface area is 135 Å². The molecule has 21 heavy (non-hydrogen) atoms. The van der Waals surface area contributed by atoms with Gasteiger partial charge in [0.15, 0.2) is 11.0 Å². The number of hydrogen-bond donors (Lipinski definition) is 1. The third-order valence-corrected chi connectivity index (χ3v) is 4.19. The SMILES string of the molecule is CCCC(C(N)=S)N1CCN(C(=O)c2ccc(Cl)o2)CC1. The Hall–Kier alpha value is -1.11. The van der Waals surface area contributed by atoms with E-state index in [1.54, 1.807) is 17.0 Å². The van der Waals surface area contributed by atoms with Gasteiger partial charge in [0.2, 0.25) is 0 Å². The highest BCUT2D eigenvalue weighted by Crippen LogP contribution is 2.17. The zero-order chi connectivity index (χ0) is 15.4. The number of carbonyl (C=O) groups is 1. The lowest BCUT2D eigenvalue weighted by Gasteiger charge is -2.38. The largest absolute Gasteiger partial charge is 0.440 e. The van der Waals surface area contributed by atoms with Crippen LogP contribution in [0, 0.1) is 0 Å². The van der Waals surface area contributed by atoms with Gasteiger partial charge in [-0.3, -0.25) is 9.69 Å². The molecule has 1 aliphatic rings. The van der Waals surface area contributed by atoms with Gasteiger partial charge in [-0.15, -0.1) is 0 Å². The van der Waals surface area contributed by atoms with E-state index < -0.39 is 0 Å². The fourth-order valence-corrected chi connectivity index (χ4v) is 3.01. The minimum atomic E-state index is -0.121. The van der Waals surface area contributed by atoms with Gasteiger partial charge in [0.05, 0.1) is 11.0 Å². The molecule has 0 aromatic carbocycles. The fraction of sp³-hybridized carbons (Fsp3) is 0.571. The van der Waals surface area contributed by atoms with Crippen molar-refractivity contribution in [2.24, 2.45) is 5.73 Å². The molecule has 1 amide bonds. The maximum absolute atomic E-state index is 12.3. The van der Waals surface area contributed by atoms with Crippen molar-refractivity contribution in [3.8, 4) is 0 Å². The monoisotopic (exact) mass is 329 g/mol. The van der Waals surface area contributed by atoms with E-state index in [1.807, 2.05) is 0 Å². The normalized spacial score (nSPS) is 17.7. The molecule has 0 spiro atoms. The molecule has 5 nitrogen and oxygen atoms in total. The summed E-state index contributed by atoms with van der Waals surface area (Å²) in [4.78, 5) is 16.8. The molecular formula is C14H20ClN3O2S. The number of rotatable bonds is 5. The molecule has 1 aromatic rings. The molecule has 0 bridgehead atoms. The third-order valence-electron chi connectivity index (χ3n) is 3.72. The Morgan fingerprint density at radius 2 is 2.10 bits per heavy atom. The molecule has 0 radical (unpaired) electrons. The lowest BCUT2D eigenvalue weighted by Crippen LogP contribution is -2.54. The van der Waals surface area contributed by atoms with E-state index in [-0.39, 0.29) is 22.9 Å². The molecule has 0 aliphatic carbocycles. The van der Waals surface area contributed by atoms with E-state index in [0.29, 0.717) is 18.1 Å². The Morgan fingerprint density at radius 3 is 2.57 bits per heavy atom. The van der Waals surface area contributed by atoms with Gasteiger partial charge in [0, 0.05) is 26.2 Å². The molecule has 2 heterocycles. The molecular weight excluding hydrogens is 310 g/mol. The van der Waals surface area contributed by atoms with Crippen molar-refractivity contribution in [1.82, 2.24) is 9.80 Å². The van der Waals surface area contributed by atoms with Crippen LogP contribution in [0.4, 0.5) is 0 Å². The first-order chi connectivity index (χ1) is 10.0. The quantitative estimate of drug-likeness (QED) is 0.839. The lowest BCUT2D eigenvalue weighted by molar-refractivity contribution is 0.0579. The topological polar surface area (TPSA) is 62.7 Å². The molecule has 7 heteroatoms. The zero-order valence-electron chi connectivity index (χ0n) is 12.0. The molecule has 1 aromatic heterocycles. The van der Waals surface area contributed by atoms with Crippen molar-refractivity contribution in [2.45, 2.75) is 25.8 Å². The summed E-state index contributed by atoms with van der Waals surface area (Å²) < 4.78 is 5.17. The van der Waals surface area contributed by atoms with Gasteiger partial charge in [0.1, 0.15) is 0 Å². The summed E-state index contributed by atoms with van der Waals surface area (Å²) in [6.45, 7) is 4.93. The average molecular weight is 330 g/mol. The van der Waals surface area contributed by atoms with Crippen LogP contribution >= 0.6 is 23.8 Å². The number of furan rings is 1. The molecule has 1 unspecified atom stereocenters. The summed E-state index contributed by atoms with van der Waals surface area (Å²) in [6, 6.07) is 3.31.